The van der Waals surface area contributed by atoms with Gasteiger partial charge in [-0.3, -0.25) is 4.79 Å². The first kappa shape index (κ1) is 14.7. The molecule has 3 nitrogen and oxygen atoms in total. The summed E-state index contributed by atoms with van der Waals surface area (Å²) in [7, 11) is 1.77. The van der Waals surface area contributed by atoms with Gasteiger partial charge >= 0.3 is 0 Å². The number of halogens is 2. The highest BCUT2D eigenvalue weighted by atomic mass is 35.5. The van der Waals surface area contributed by atoms with E-state index >= 15 is 0 Å². The van der Waals surface area contributed by atoms with Crippen molar-refractivity contribution in [2.75, 3.05) is 17.7 Å². The van der Waals surface area contributed by atoms with Gasteiger partial charge in [0.25, 0.3) is 5.91 Å². The summed E-state index contributed by atoms with van der Waals surface area (Å²) < 4.78 is 0. The molecule has 2 rings (SSSR count). The minimum atomic E-state index is -0.256. The molecular weight excluding hydrogens is 295 g/mol. The van der Waals surface area contributed by atoms with E-state index in [0.717, 1.165) is 11.3 Å². The van der Waals surface area contributed by atoms with Crippen molar-refractivity contribution in [3.8, 4) is 0 Å². The average molecular weight is 309 g/mol. The van der Waals surface area contributed by atoms with Crippen LogP contribution >= 0.6 is 23.2 Å². The summed E-state index contributed by atoms with van der Waals surface area (Å²) in [4.78, 5) is 12.4. The molecule has 1 amide bonds. The summed E-state index contributed by atoms with van der Waals surface area (Å²) >= 11 is 12.1. The van der Waals surface area contributed by atoms with Crippen molar-refractivity contribution in [1.29, 1.82) is 0 Å². The predicted molar refractivity (Wildman–Crippen MR) is 85.1 cm³/mol. The number of anilines is 2. The molecule has 104 valence electrons. The van der Waals surface area contributed by atoms with Crippen molar-refractivity contribution in [3.63, 3.8) is 0 Å². The smallest absolute Gasteiger partial charge is 0.257 e. The Morgan fingerprint density at radius 2 is 1.75 bits per heavy atom. The van der Waals surface area contributed by atoms with Crippen LogP contribution in [0.3, 0.4) is 0 Å². The zero-order chi connectivity index (χ0) is 14.7. The van der Waals surface area contributed by atoms with Crippen LogP contribution in [0.5, 0.6) is 0 Å². The molecule has 0 fully saturated rings. The topological polar surface area (TPSA) is 41.1 Å². The maximum atomic E-state index is 12.4. The maximum absolute atomic E-state index is 12.4. The first-order valence-corrected chi connectivity index (χ1v) is 6.82. The fourth-order valence-electron chi connectivity index (χ4n) is 1.86. The predicted octanol–water partition coefficient (Wildman–Crippen LogP) is 4.60. The van der Waals surface area contributed by atoms with Crippen molar-refractivity contribution in [1.82, 2.24) is 0 Å². The van der Waals surface area contributed by atoms with Crippen molar-refractivity contribution >= 4 is 40.5 Å². The van der Waals surface area contributed by atoms with Crippen LogP contribution in [0.15, 0.2) is 36.4 Å². The molecular formula is C15H14Cl2N2O. The third kappa shape index (κ3) is 3.06. The Balaban J connectivity index is 2.35. The average Bonchev–Trinajstić information content (AvgIpc) is 2.43. The Kier molecular flexibility index (Phi) is 4.53. The van der Waals surface area contributed by atoms with Gasteiger partial charge < -0.3 is 10.6 Å². The summed E-state index contributed by atoms with van der Waals surface area (Å²) in [5.74, 6) is -0.256. The lowest BCUT2D eigenvalue weighted by molar-refractivity contribution is 0.102. The van der Waals surface area contributed by atoms with Gasteiger partial charge in [-0.25, -0.2) is 0 Å². The van der Waals surface area contributed by atoms with Crippen LogP contribution in [-0.2, 0) is 0 Å². The molecule has 2 aromatic rings. The number of amides is 1. The van der Waals surface area contributed by atoms with E-state index in [-0.39, 0.29) is 5.91 Å². The monoisotopic (exact) mass is 308 g/mol. The molecule has 0 aliphatic rings. The Bertz CT molecular complexity index is 636. The minimum Gasteiger partial charge on any atom is -0.387 e. The summed E-state index contributed by atoms with van der Waals surface area (Å²) in [6, 6.07) is 10.7. The third-order valence-corrected chi connectivity index (χ3v) is 3.52. The van der Waals surface area contributed by atoms with E-state index in [4.69, 9.17) is 23.2 Å². The highest BCUT2D eigenvalue weighted by Crippen LogP contribution is 2.30. The molecule has 0 aliphatic carbocycles. The maximum Gasteiger partial charge on any atom is 0.257 e. The fraction of sp³-hybridized carbons (Fsp3) is 0.133. The summed E-state index contributed by atoms with van der Waals surface area (Å²) in [5, 5.41) is 6.56. The van der Waals surface area contributed by atoms with Gasteiger partial charge in [-0.1, -0.05) is 40.9 Å². The zero-order valence-electron chi connectivity index (χ0n) is 11.1. The van der Waals surface area contributed by atoms with Crippen molar-refractivity contribution in [3.05, 3.63) is 57.6 Å². The van der Waals surface area contributed by atoms with Crippen molar-refractivity contribution in [2.45, 2.75) is 6.92 Å². The lowest BCUT2D eigenvalue weighted by atomic mass is 10.1. The number of hydrogen-bond acceptors (Lipinski definition) is 2. The normalized spacial score (nSPS) is 10.2. The number of carbonyl (C=O) groups excluding carboxylic acids is 1. The van der Waals surface area contributed by atoms with Gasteiger partial charge in [0.15, 0.2) is 0 Å². The highest BCUT2D eigenvalue weighted by Gasteiger charge is 2.14. The van der Waals surface area contributed by atoms with Gasteiger partial charge in [-0.15, -0.1) is 0 Å². The SMILES string of the molecule is CNc1ccc(C)cc1C(=O)Nc1c(Cl)cccc1Cl. The van der Waals surface area contributed by atoms with Crippen LogP contribution < -0.4 is 10.6 Å². The van der Waals surface area contributed by atoms with E-state index in [9.17, 15) is 4.79 Å². The Labute approximate surface area is 127 Å². The van der Waals surface area contributed by atoms with Gasteiger partial charge in [-0.05, 0) is 31.2 Å². The van der Waals surface area contributed by atoms with Crippen LogP contribution in [0, 0.1) is 6.92 Å². The molecule has 5 heteroatoms. The second-order valence-corrected chi connectivity index (χ2v) is 5.16. The van der Waals surface area contributed by atoms with Gasteiger partial charge in [0, 0.05) is 12.7 Å². The van der Waals surface area contributed by atoms with E-state index in [2.05, 4.69) is 10.6 Å². The van der Waals surface area contributed by atoms with Crippen molar-refractivity contribution in [2.24, 2.45) is 0 Å². The van der Waals surface area contributed by atoms with E-state index in [1.807, 2.05) is 25.1 Å². The second kappa shape index (κ2) is 6.16. The molecule has 20 heavy (non-hydrogen) atoms. The largest absolute Gasteiger partial charge is 0.387 e. The number of rotatable bonds is 3. The third-order valence-electron chi connectivity index (χ3n) is 2.89. The number of hydrogen-bond donors (Lipinski definition) is 2. The second-order valence-electron chi connectivity index (χ2n) is 4.35. The molecule has 0 atom stereocenters. The number of carbonyl (C=O) groups is 1. The van der Waals surface area contributed by atoms with E-state index in [1.165, 1.54) is 0 Å². The van der Waals surface area contributed by atoms with E-state index < -0.39 is 0 Å². The molecule has 0 heterocycles. The van der Waals surface area contributed by atoms with Gasteiger partial charge in [-0.2, -0.15) is 0 Å². The Hall–Kier alpha value is -1.71. The lowest BCUT2D eigenvalue weighted by Crippen LogP contribution is -2.14. The van der Waals surface area contributed by atoms with Gasteiger partial charge in [0.05, 0.1) is 21.3 Å². The summed E-state index contributed by atoms with van der Waals surface area (Å²) in [6.07, 6.45) is 0. The molecule has 0 spiro atoms. The van der Waals surface area contributed by atoms with Crippen LogP contribution in [0.4, 0.5) is 11.4 Å². The summed E-state index contributed by atoms with van der Waals surface area (Å²) in [6.45, 7) is 1.93. The Morgan fingerprint density at radius 3 is 2.35 bits per heavy atom. The summed E-state index contributed by atoms with van der Waals surface area (Å²) in [5.41, 5.74) is 2.71. The number of para-hydroxylation sites is 1. The molecule has 0 saturated carbocycles. The minimum absolute atomic E-state index is 0.256. The first-order valence-electron chi connectivity index (χ1n) is 6.06. The fourth-order valence-corrected chi connectivity index (χ4v) is 2.35. The first-order chi connectivity index (χ1) is 9.52. The quantitative estimate of drug-likeness (QED) is 0.870. The number of aryl methyl sites for hydroxylation is 1. The van der Waals surface area contributed by atoms with Crippen LogP contribution in [0.2, 0.25) is 10.0 Å². The van der Waals surface area contributed by atoms with Crippen LogP contribution in [0.1, 0.15) is 15.9 Å². The lowest BCUT2D eigenvalue weighted by Gasteiger charge is -2.12. The molecule has 2 N–H and O–H groups in total. The van der Waals surface area contributed by atoms with E-state index in [0.29, 0.717) is 21.3 Å². The number of benzene rings is 2. The zero-order valence-corrected chi connectivity index (χ0v) is 12.6. The standard InChI is InChI=1S/C15H14Cl2N2O/c1-9-6-7-13(18-2)10(8-9)15(20)19-14-11(16)4-3-5-12(14)17/h3-8,18H,1-2H3,(H,19,20). The number of nitrogens with one attached hydrogen (secondary N) is 2. The molecule has 0 unspecified atom stereocenters. The van der Waals surface area contributed by atoms with Crippen LogP contribution in [0.25, 0.3) is 0 Å². The highest BCUT2D eigenvalue weighted by molar-refractivity contribution is 6.40. The van der Waals surface area contributed by atoms with Crippen molar-refractivity contribution < 1.29 is 4.79 Å². The molecule has 0 saturated heterocycles. The molecule has 0 aromatic heterocycles. The molecule has 0 bridgehead atoms. The van der Waals surface area contributed by atoms with Gasteiger partial charge in [0.2, 0.25) is 0 Å². The van der Waals surface area contributed by atoms with Crippen LogP contribution in [-0.4, -0.2) is 13.0 Å². The molecule has 0 radical (unpaired) electrons. The Morgan fingerprint density at radius 1 is 1.10 bits per heavy atom. The molecule has 2 aromatic carbocycles. The van der Waals surface area contributed by atoms with E-state index in [1.54, 1.807) is 25.2 Å². The van der Waals surface area contributed by atoms with Gasteiger partial charge in [0.1, 0.15) is 0 Å². The molecule has 0 aliphatic heterocycles.